The van der Waals surface area contributed by atoms with Crippen LogP contribution < -0.4 is 0 Å². The molecule has 2 saturated carbocycles. The van der Waals surface area contributed by atoms with Crippen molar-refractivity contribution in [3.63, 3.8) is 0 Å². The summed E-state index contributed by atoms with van der Waals surface area (Å²) in [6.07, 6.45) is 16.2. The molecule has 0 bridgehead atoms. The summed E-state index contributed by atoms with van der Waals surface area (Å²) in [5.74, 6) is 2.94. The number of fused-ring (bicyclic) bond motifs is 5. The molecule has 33 heavy (non-hydrogen) atoms. The third-order valence-corrected chi connectivity index (χ3v) is 10.4. The quantitative estimate of drug-likeness (QED) is 0.359. The van der Waals surface area contributed by atoms with Gasteiger partial charge < -0.3 is 9.84 Å². The molecule has 3 heteroatoms. The normalized spacial score (nSPS) is 42.2. The molecule has 0 amide bonds. The Morgan fingerprint density at radius 3 is 2.48 bits per heavy atom. The second-order valence-corrected chi connectivity index (χ2v) is 12.6. The molecule has 184 valence electrons. The lowest BCUT2D eigenvalue weighted by atomic mass is 9.50. The Labute approximate surface area is 201 Å². The summed E-state index contributed by atoms with van der Waals surface area (Å²) in [4.78, 5) is 11.5. The Kier molecular flexibility index (Phi) is 6.53. The second-order valence-electron chi connectivity index (χ2n) is 12.6. The zero-order valence-corrected chi connectivity index (χ0v) is 22.0. The second kappa shape index (κ2) is 8.70. The van der Waals surface area contributed by atoms with Gasteiger partial charge in [0, 0.05) is 18.8 Å². The van der Waals surface area contributed by atoms with Crippen LogP contribution in [0.15, 0.2) is 35.5 Å². The number of esters is 1. The summed E-state index contributed by atoms with van der Waals surface area (Å²) in [7, 11) is 0. The van der Waals surface area contributed by atoms with Gasteiger partial charge in [0.2, 0.25) is 0 Å². The first-order chi connectivity index (χ1) is 15.4. The number of carbonyl (C=O) groups excluding carboxylic acids is 1. The standard InChI is InChI=1S/C30H46O3/c1-19(2)20(3)8-9-21(4)25-10-11-26-24-13-17-30(32)18-23(33-22(5)31)12-16-29(30,7)27(24)14-15-28(25,26)6/h8-9,13-14,19-21,23,25-26,32H,10-12,15-18H2,1-7H3. The Bertz CT molecular complexity index is 866. The number of carbonyl (C=O) groups is 1. The fourth-order valence-corrected chi connectivity index (χ4v) is 7.76. The van der Waals surface area contributed by atoms with E-state index in [0.717, 1.165) is 19.3 Å². The Morgan fingerprint density at radius 2 is 1.82 bits per heavy atom. The van der Waals surface area contributed by atoms with Gasteiger partial charge in [-0.05, 0) is 84.7 Å². The monoisotopic (exact) mass is 454 g/mol. The predicted octanol–water partition coefficient (Wildman–Crippen LogP) is 7.02. The van der Waals surface area contributed by atoms with Gasteiger partial charge in [-0.25, -0.2) is 0 Å². The first-order valence-corrected chi connectivity index (χ1v) is 13.4. The summed E-state index contributed by atoms with van der Waals surface area (Å²) < 4.78 is 5.52. The van der Waals surface area contributed by atoms with Gasteiger partial charge in [0.1, 0.15) is 6.10 Å². The summed E-state index contributed by atoms with van der Waals surface area (Å²) in [6.45, 7) is 15.6. The molecule has 0 radical (unpaired) electrons. The lowest BCUT2D eigenvalue weighted by molar-refractivity contribution is -0.163. The molecule has 3 nitrogen and oxygen atoms in total. The largest absolute Gasteiger partial charge is 0.462 e. The molecule has 0 aromatic heterocycles. The van der Waals surface area contributed by atoms with Crippen LogP contribution in [0.25, 0.3) is 0 Å². The molecule has 0 saturated heterocycles. The van der Waals surface area contributed by atoms with Crippen molar-refractivity contribution in [3.05, 3.63) is 35.5 Å². The molecular formula is C30H46O3. The van der Waals surface area contributed by atoms with Crippen molar-refractivity contribution in [2.45, 2.75) is 105 Å². The van der Waals surface area contributed by atoms with Crippen molar-refractivity contribution in [2.24, 2.45) is 40.4 Å². The molecule has 8 atom stereocenters. The van der Waals surface area contributed by atoms with Crippen molar-refractivity contribution in [2.75, 3.05) is 0 Å². The molecule has 0 aliphatic heterocycles. The van der Waals surface area contributed by atoms with Crippen LogP contribution in [-0.2, 0) is 9.53 Å². The number of aliphatic hydroxyl groups is 1. The smallest absolute Gasteiger partial charge is 0.302 e. The molecule has 4 aliphatic carbocycles. The molecule has 0 aromatic carbocycles. The number of rotatable bonds is 5. The lowest BCUT2D eigenvalue weighted by Gasteiger charge is -2.57. The van der Waals surface area contributed by atoms with Crippen molar-refractivity contribution < 1.29 is 14.6 Å². The number of allylic oxidation sites excluding steroid dienone is 4. The average molecular weight is 455 g/mol. The highest BCUT2D eigenvalue weighted by Crippen LogP contribution is 2.65. The van der Waals surface area contributed by atoms with Crippen LogP contribution in [0.2, 0.25) is 0 Å². The first kappa shape index (κ1) is 24.8. The third-order valence-electron chi connectivity index (χ3n) is 10.4. The minimum atomic E-state index is -0.824. The topological polar surface area (TPSA) is 46.5 Å². The van der Waals surface area contributed by atoms with E-state index in [-0.39, 0.29) is 17.5 Å². The highest BCUT2D eigenvalue weighted by Gasteiger charge is 2.60. The fourth-order valence-electron chi connectivity index (χ4n) is 7.76. The van der Waals surface area contributed by atoms with E-state index < -0.39 is 5.60 Å². The zero-order valence-electron chi connectivity index (χ0n) is 22.0. The van der Waals surface area contributed by atoms with E-state index in [4.69, 9.17) is 4.74 Å². The van der Waals surface area contributed by atoms with E-state index in [0.29, 0.717) is 47.8 Å². The summed E-state index contributed by atoms with van der Waals surface area (Å²) in [6, 6.07) is 0. The number of hydrogen-bond acceptors (Lipinski definition) is 3. The minimum Gasteiger partial charge on any atom is -0.462 e. The van der Waals surface area contributed by atoms with Crippen LogP contribution >= 0.6 is 0 Å². The van der Waals surface area contributed by atoms with Crippen molar-refractivity contribution in [1.82, 2.24) is 0 Å². The molecule has 4 aliphatic rings. The summed E-state index contributed by atoms with van der Waals surface area (Å²) >= 11 is 0. The molecule has 1 N–H and O–H groups in total. The fraction of sp³-hybridized carbons (Fsp3) is 0.767. The van der Waals surface area contributed by atoms with Crippen LogP contribution in [0.1, 0.15) is 93.4 Å². The van der Waals surface area contributed by atoms with Crippen molar-refractivity contribution in [1.29, 1.82) is 0 Å². The van der Waals surface area contributed by atoms with Gasteiger partial charge in [0.05, 0.1) is 5.60 Å². The maximum Gasteiger partial charge on any atom is 0.302 e. The Morgan fingerprint density at radius 1 is 1.09 bits per heavy atom. The van der Waals surface area contributed by atoms with E-state index in [1.165, 1.54) is 30.9 Å². The maximum absolute atomic E-state index is 11.8. The van der Waals surface area contributed by atoms with E-state index >= 15 is 0 Å². The molecule has 4 rings (SSSR count). The van der Waals surface area contributed by atoms with Crippen LogP contribution in [0.3, 0.4) is 0 Å². The van der Waals surface area contributed by atoms with Gasteiger partial charge >= 0.3 is 5.97 Å². The van der Waals surface area contributed by atoms with Gasteiger partial charge in [0.15, 0.2) is 0 Å². The van der Waals surface area contributed by atoms with E-state index in [9.17, 15) is 9.90 Å². The Hall–Kier alpha value is -1.35. The highest BCUT2D eigenvalue weighted by molar-refractivity contribution is 5.66. The molecule has 0 spiro atoms. The summed E-state index contributed by atoms with van der Waals surface area (Å²) in [5, 5.41) is 11.8. The minimum absolute atomic E-state index is 0.165. The zero-order chi connectivity index (χ0) is 24.2. The molecule has 0 aromatic rings. The van der Waals surface area contributed by atoms with Gasteiger partial charge in [-0.1, -0.05) is 65.8 Å². The van der Waals surface area contributed by atoms with E-state index in [2.05, 4.69) is 65.8 Å². The van der Waals surface area contributed by atoms with Gasteiger partial charge in [-0.15, -0.1) is 0 Å². The van der Waals surface area contributed by atoms with Crippen molar-refractivity contribution in [3.8, 4) is 0 Å². The summed E-state index contributed by atoms with van der Waals surface area (Å²) in [5.41, 5.74) is 2.15. The van der Waals surface area contributed by atoms with Crippen molar-refractivity contribution >= 4 is 5.97 Å². The molecule has 8 unspecified atom stereocenters. The Balaban J connectivity index is 1.58. The van der Waals surface area contributed by atoms with Crippen LogP contribution in [0.5, 0.6) is 0 Å². The van der Waals surface area contributed by atoms with E-state index in [1.54, 1.807) is 0 Å². The van der Waals surface area contributed by atoms with Crippen LogP contribution in [0, 0.1) is 40.4 Å². The third kappa shape index (κ3) is 4.07. The number of ether oxygens (including phenoxy) is 1. The number of hydrogen-bond donors (Lipinski definition) is 1. The highest BCUT2D eigenvalue weighted by atomic mass is 16.5. The maximum atomic E-state index is 11.8. The molecule has 2 fully saturated rings. The van der Waals surface area contributed by atoms with Gasteiger partial charge in [-0.2, -0.15) is 0 Å². The molecular weight excluding hydrogens is 408 g/mol. The average Bonchev–Trinajstić information content (AvgIpc) is 3.09. The van der Waals surface area contributed by atoms with Gasteiger partial charge in [-0.3, -0.25) is 4.79 Å². The lowest BCUT2D eigenvalue weighted by Crippen LogP contribution is -2.56. The first-order valence-electron chi connectivity index (χ1n) is 13.4. The molecule has 0 heterocycles. The predicted molar refractivity (Wildman–Crippen MR) is 134 cm³/mol. The van der Waals surface area contributed by atoms with Gasteiger partial charge in [0.25, 0.3) is 0 Å². The van der Waals surface area contributed by atoms with Crippen LogP contribution in [-0.4, -0.2) is 22.8 Å². The van der Waals surface area contributed by atoms with Crippen LogP contribution in [0.4, 0.5) is 0 Å². The SMILES string of the molecule is CC(=O)OC1CCC2(C)C3=CCC4(C)C(CCC4C(C)C=CC(C)C(C)C)C3=CCC2(O)C1. The van der Waals surface area contributed by atoms with E-state index in [1.807, 2.05) is 0 Å².